The molecule has 0 aliphatic heterocycles. The predicted molar refractivity (Wildman–Crippen MR) is 92.8 cm³/mol. The van der Waals surface area contributed by atoms with Crippen molar-refractivity contribution in [1.82, 2.24) is 0 Å². The highest BCUT2D eigenvalue weighted by Gasteiger charge is 2.30. The van der Waals surface area contributed by atoms with Crippen molar-refractivity contribution >= 4 is 7.82 Å². The molecule has 0 fully saturated rings. The van der Waals surface area contributed by atoms with E-state index in [2.05, 4.69) is 27.7 Å². The summed E-state index contributed by atoms with van der Waals surface area (Å²) in [5.74, 6) is 0.372. The van der Waals surface area contributed by atoms with Crippen LogP contribution in [0, 0.1) is 11.8 Å². The highest BCUT2D eigenvalue weighted by molar-refractivity contribution is 7.46. The summed E-state index contributed by atoms with van der Waals surface area (Å²) in [6.45, 7) is 8.49. The molecule has 0 aliphatic carbocycles. The largest absolute Gasteiger partial charge is 0.469 e. The van der Waals surface area contributed by atoms with E-state index in [-0.39, 0.29) is 17.9 Å². The Morgan fingerprint density at radius 2 is 1.23 bits per heavy atom. The van der Waals surface area contributed by atoms with Crippen LogP contribution in [0.25, 0.3) is 0 Å². The highest BCUT2D eigenvalue weighted by Crippen LogP contribution is 2.42. The molecule has 2 unspecified atom stereocenters. The van der Waals surface area contributed by atoms with Crippen molar-refractivity contribution < 1.29 is 18.9 Å². The van der Waals surface area contributed by atoms with E-state index >= 15 is 0 Å². The van der Waals surface area contributed by atoms with E-state index in [9.17, 15) is 14.4 Å². The Balaban J connectivity index is 4.42. The maximum atomic E-state index is 11.3. The standard InChI is InChI=1S/C17H37O4P/c1-5-7-9-11-13-15(3)17(21-22(18,19)20)16(4)14-12-10-8-6-2/h15-17H,5-14H2,1-4H3,(H2,18,19,20). The van der Waals surface area contributed by atoms with Gasteiger partial charge in [0.15, 0.2) is 0 Å². The minimum atomic E-state index is -4.42. The maximum Gasteiger partial charge on any atom is 0.469 e. The molecular formula is C17H37O4P. The lowest BCUT2D eigenvalue weighted by molar-refractivity contribution is 0.0466. The fraction of sp³-hybridized carbons (Fsp3) is 1.00. The molecule has 0 saturated carbocycles. The topological polar surface area (TPSA) is 66.8 Å². The normalized spacial score (nSPS) is 16.5. The van der Waals surface area contributed by atoms with Gasteiger partial charge in [-0.25, -0.2) is 4.57 Å². The van der Waals surface area contributed by atoms with Crippen molar-refractivity contribution in [3.63, 3.8) is 0 Å². The number of rotatable bonds is 14. The van der Waals surface area contributed by atoms with Crippen molar-refractivity contribution in [3.8, 4) is 0 Å². The lowest BCUT2D eigenvalue weighted by Crippen LogP contribution is -2.28. The molecule has 5 heteroatoms. The summed E-state index contributed by atoms with van der Waals surface area (Å²) < 4.78 is 16.4. The number of unbranched alkanes of at least 4 members (excludes halogenated alkanes) is 6. The summed E-state index contributed by atoms with van der Waals surface area (Å²) in [4.78, 5) is 18.4. The summed E-state index contributed by atoms with van der Waals surface area (Å²) in [5, 5.41) is 0. The molecule has 2 atom stereocenters. The molecule has 134 valence electrons. The Bertz CT molecular complexity index is 285. The third kappa shape index (κ3) is 11.6. The Morgan fingerprint density at radius 3 is 1.55 bits per heavy atom. The Kier molecular flexibility index (Phi) is 12.6. The minimum absolute atomic E-state index is 0.186. The smallest absolute Gasteiger partial charge is 0.303 e. The summed E-state index contributed by atoms with van der Waals surface area (Å²) >= 11 is 0. The zero-order chi connectivity index (χ0) is 17.0. The first-order valence-corrected chi connectivity index (χ1v) is 10.6. The lowest BCUT2D eigenvalue weighted by atomic mass is 9.86. The zero-order valence-electron chi connectivity index (χ0n) is 15.0. The molecule has 0 amide bonds. The molecule has 0 heterocycles. The lowest BCUT2D eigenvalue weighted by Gasteiger charge is -2.30. The maximum absolute atomic E-state index is 11.3. The fourth-order valence-corrected chi connectivity index (χ4v) is 3.77. The fourth-order valence-electron chi connectivity index (χ4n) is 3.04. The van der Waals surface area contributed by atoms with E-state index in [1.165, 1.54) is 38.5 Å². The molecule has 4 nitrogen and oxygen atoms in total. The predicted octanol–water partition coefficient (Wildman–Crippen LogP) is 5.68. The van der Waals surface area contributed by atoms with Crippen LogP contribution in [-0.2, 0) is 9.09 Å². The average Bonchev–Trinajstić information content (AvgIpc) is 2.44. The van der Waals surface area contributed by atoms with Crippen LogP contribution in [0.15, 0.2) is 0 Å². The van der Waals surface area contributed by atoms with Crippen LogP contribution in [0.5, 0.6) is 0 Å². The summed E-state index contributed by atoms with van der Waals surface area (Å²) in [6.07, 6.45) is 11.1. The van der Waals surface area contributed by atoms with Gasteiger partial charge in [0.25, 0.3) is 0 Å². The molecule has 22 heavy (non-hydrogen) atoms. The molecule has 0 spiro atoms. The van der Waals surface area contributed by atoms with Gasteiger partial charge in [-0.1, -0.05) is 79.1 Å². The molecule has 0 radical (unpaired) electrons. The van der Waals surface area contributed by atoms with Crippen LogP contribution in [0.3, 0.4) is 0 Å². The molecule has 0 aromatic rings. The summed E-state index contributed by atoms with van der Waals surface area (Å²) in [6, 6.07) is 0. The van der Waals surface area contributed by atoms with Gasteiger partial charge in [0.05, 0.1) is 6.10 Å². The van der Waals surface area contributed by atoms with E-state index in [0.717, 1.165) is 25.7 Å². The summed E-state index contributed by atoms with van der Waals surface area (Å²) in [7, 11) is -4.42. The highest BCUT2D eigenvalue weighted by atomic mass is 31.2. The first-order chi connectivity index (χ1) is 10.3. The van der Waals surface area contributed by atoms with Crippen LogP contribution in [0.4, 0.5) is 0 Å². The van der Waals surface area contributed by atoms with Crippen molar-refractivity contribution in [1.29, 1.82) is 0 Å². The number of phosphoric acid groups is 1. The number of hydrogen-bond acceptors (Lipinski definition) is 2. The first-order valence-electron chi connectivity index (χ1n) is 9.05. The molecule has 0 aromatic carbocycles. The Morgan fingerprint density at radius 1 is 0.818 bits per heavy atom. The van der Waals surface area contributed by atoms with Gasteiger partial charge in [-0.05, 0) is 24.7 Å². The van der Waals surface area contributed by atoms with Gasteiger partial charge in [-0.2, -0.15) is 0 Å². The van der Waals surface area contributed by atoms with Crippen LogP contribution in [0.2, 0.25) is 0 Å². The van der Waals surface area contributed by atoms with Gasteiger partial charge in [0.2, 0.25) is 0 Å². The van der Waals surface area contributed by atoms with Crippen LogP contribution in [0.1, 0.15) is 91.9 Å². The quantitative estimate of drug-likeness (QED) is 0.316. The molecule has 0 aliphatic rings. The van der Waals surface area contributed by atoms with Gasteiger partial charge >= 0.3 is 7.82 Å². The van der Waals surface area contributed by atoms with Crippen LogP contribution >= 0.6 is 7.82 Å². The SMILES string of the molecule is CCCCCCC(C)C(OP(=O)(O)O)C(C)CCCCCC. The second kappa shape index (κ2) is 12.5. The average molecular weight is 336 g/mol. The molecule has 0 saturated heterocycles. The molecule has 0 bridgehead atoms. The summed E-state index contributed by atoms with van der Waals surface area (Å²) in [5.41, 5.74) is 0. The van der Waals surface area contributed by atoms with Gasteiger partial charge in [0, 0.05) is 0 Å². The van der Waals surface area contributed by atoms with Gasteiger partial charge in [-0.15, -0.1) is 0 Å². The Labute approximate surface area is 137 Å². The van der Waals surface area contributed by atoms with Crippen molar-refractivity contribution in [2.75, 3.05) is 0 Å². The molecule has 0 aromatic heterocycles. The number of hydrogen-bond donors (Lipinski definition) is 2. The van der Waals surface area contributed by atoms with Crippen molar-refractivity contribution in [3.05, 3.63) is 0 Å². The van der Waals surface area contributed by atoms with Gasteiger partial charge < -0.3 is 9.79 Å². The number of phosphoric ester groups is 1. The van der Waals surface area contributed by atoms with E-state index < -0.39 is 7.82 Å². The Hall–Kier alpha value is 0.110. The van der Waals surface area contributed by atoms with Crippen molar-refractivity contribution in [2.24, 2.45) is 11.8 Å². The monoisotopic (exact) mass is 336 g/mol. The van der Waals surface area contributed by atoms with Gasteiger partial charge in [-0.3, -0.25) is 4.52 Å². The van der Waals surface area contributed by atoms with E-state index in [0.29, 0.717) is 0 Å². The van der Waals surface area contributed by atoms with Crippen LogP contribution < -0.4 is 0 Å². The van der Waals surface area contributed by atoms with E-state index in [4.69, 9.17) is 4.52 Å². The molecule has 2 N–H and O–H groups in total. The second-order valence-electron chi connectivity index (χ2n) is 6.71. The van der Waals surface area contributed by atoms with E-state index in [1.54, 1.807) is 0 Å². The minimum Gasteiger partial charge on any atom is -0.303 e. The zero-order valence-corrected chi connectivity index (χ0v) is 15.9. The molecule has 0 rings (SSSR count). The third-order valence-corrected chi connectivity index (χ3v) is 4.92. The second-order valence-corrected chi connectivity index (χ2v) is 7.91. The van der Waals surface area contributed by atoms with Crippen LogP contribution in [-0.4, -0.2) is 15.9 Å². The molecular weight excluding hydrogens is 299 g/mol. The first kappa shape index (κ1) is 22.1. The van der Waals surface area contributed by atoms with Crippen molar-refractivity contribution in [2.45, 2.75) is 98.0 Å². The van der Waals surface area contributed by atoms with Gasteiger partial charge in [0.1, 0.15) is 0 Å². The third-order valence-electron chi connectivity index (χ3n) is 4.41. The van der Waals surface area contributed by atoms with E-state index in [1.807, 2.05) is 0 Å².